The molecule has 6 rings (SSSR count). The van der Waals surface area contributed by atoms with Crippen LogP contribution in [0.3, 0.4) is 0 Å². The van der Waals surface area contributed by atoms with Gasteiger partial charge in [-0.3, -0.25) is 0 Å². The number of benzene rings is 4. The normalized spacial score (nSPS) is 11.9. The molecule has 6 aromatic rings. The second kappa shape index (κ2) is 5.45. The Morgan fingerprint density at radius 1 is 0.630 bits per heavy atom. The zero-order chi connectivity index (χ0) is 18.0. The Labute approximate surface area is 161 Å². The number of hydrogen-bond acceptors (Lipinski definition) is 1. The van der Waals surface area contributed by atoms with E-state index < -0.39 is 0 Å². The minimum atomic E-state index is 1.27. The highest BCUT2D eigenvalue weighted by molar-refractivity contribution is 7.25. The van der Waals surface area contributed by atoms with E-state index in [-0.39, 0.29) is 0 Å². The van der Waals surface area contributed by atoms with E-state index in [1.165, 1.54) is 53.1 Å². The molecule has 0 N–H and O–H groups in total. The summed E-state index contributed by atoms with van der Waals surface area (Å²) >= 11 is 1.88. The highest BCUT2D eigenvalue weighted by Gasteiger charge is 2.15. The van der Waals surface area contributed by atoms with Crippen LogP contribution in [0, 0.1) is 0 Å². The first-order valence-corrected chi connectivity index (χ1v) is 10.0. The van der Waals surface area contributed by atoms with Crippen molar-refractivity contribution in [1.82, 2.24) is 4.57 Å². The predicted molar refractivity (Wildman–Crippen MR) is 119 cm³/mol. The van der Waals surface area contributed by atoms with E-state index in [4.69, 9.17) is 0 Å². The maximum absolute atomic E-state index is 2.40. The molecule has 0 spiro atoms. The summed E-state index contributed by atoms with van der Waals surface area (Å²) in [6.45, 7) is 0. The van der Waals surface area contributed by atoms with Crippen LogP contribution < -0.4 is 0 Å². The second-order valence-corrected chi connectivity index (χ2v) is 8.17. The summed E-state index contributed by atoms with van der Waals surface area (Å²) in [5.41, 5.74) is 5.16. The lowest BCUT2D eigenvalue weighted by Crippen LogP contribution is -1.86. The number of hydrogen-bond donors (Lipinski definition) is 0. The van der Waals surface area contributed by atoms with Gasteiger partial charge in [0.2, 0.25) is 0 Å². The Kier molecular flexibility index (Phi) is 3.03. The van der Waals surface area contributed by atoms with Gasteiger partial charge in [-0.1, -0.05) is 60.7 Å². The van der Waals surface area contributed by atoms with Crippen molar-refractivity contribution in [2.75, 3.05) is 0 Å². The van der Waals surface area contributed by atoms with Gasteiger partial charge in [0.15, 0.2) is 0 Å². The lowest BCUT2D eigenvalue weighted by Gasteiger charge is -2.05. The number of aryl methyl sites for hydroxylation is 1. The standard InChI is InChI=1S/C25H17NS/c1-26-21-12-7-11-17(16-8-3-2-4-9-16)25(21)20-14-19-18-10-5-6-13-23(18)27-24(19)15-22(20)26/h2-15H,1H3. The van der Waals surface area contributed by atoms with Crippen LogP contribution in [-0.2, 0) is 7.05 Å². The minimum absolute atomic E-state index is 1.27. The third-order valence-electron chi connectivity index (χ3n) is 5.61. The third-order valence-corrected chi connectivity index (χ3v) is 6.75. The highest BCUT2D eigenvalue weighted by atomic mass is 32.1. The molecule has 0 saturated carbocycles. The summed E-state index contributed by atoms with van der Waals surface area (Å²) in [5, 5.41) is 5.40. The van der Waals surface area contributed by atoms with Crippen LogP contribution in [0.2, 0.25) is 0 Å². The van der Waals surface area contributed by atoms with Crippen molar-refractivity contribution >= 4 is 53.3 Å². The van der Waals surface area contributed by atoms with E-state index in [2.05, 4.69) is 96.5 Å². The molecule has 1 nitrogen and oxygen atoms in total. The molecule has 0 unspecified atom stereocenters. The molecule has 0 radical (unpaired) electrons. The van der Waals surface area contributed by atoms with Crippen molar-refractivity contribution in [3.05, 3.63) is 84.9 Å². The van der Waals surface area contributed by atoms with Gasteiger partial charge in [0.1, 0.15) is 0 Å². The fourth-order valence-corrected chi connectivity index (χ4v) is 5.45. The molecule has 0 aliphatic rings. The Hall–Kier alpha value is -3.10. The van der Waals surface area contributed by atoms with Crippen molar-refractivity contribution in [3.63, 3.8) is 0 Å². The molecule has 2 heterocycles. The zero-order valence-corrected chi connectivity index (χ0v) is 15.8. The fraction of sp³-hybridized carbons (Fsp3) is 0.0400. The lowest BCUT2D eigenvalue weighted by molar-refractivity contribution is 1.02. The summed E-state index contributed by atoms with van der Waals surface area (Å²) in [4.78, 5) is 0. The van der Waals surface area contributed by atoms with Crippen LogP contribution in [0.5, 0.6) is 0 Å². The van der Waals surface area contributed by atoms with Gasteiger partial charge in [-0.05, 0) is 35.4 Å². The maximum atomic E-state index is 2.40. The van der Waals surface area contributed by atoms with E-state index in [0.717, 1.165) is 0 Å². The molecule has 0 atom stereocenters. The Bertz CT molecular complexity index is 1470. The van der Waals surface area contributed by atoms with Gasteiger partial charge in [0.05, 0.1) is 5.52 Å². The smallest absolute Gasteiger partial charge is 0.0503 e. The SMILES string of the molecule is Cn1c2cc3sc4ccccc4c3cc2c2c(-c3ccccc3)cccc21. The van der Waals surface area contributed by atoms with Gasteiger partial charge in [0.25, 0.3) is 0 Å². The highest BCUT2D eigenvalue weighted by Crippen LogP contribution is 2.41. The molecular weight excluding hydrogens is 346 g/mol. The van der Waals surface area contributed by atoms with Gasteiger partial charge >= 0.3 is 0 Å². The summed E-state index contributed by atoms with van der Waals surface area (Å²) in [6.07, 6.45) is 0. The van der Waals surface area contributed by atoms with E-state index in [1.54, 1.807) is 0 Å². The molecule has 0 aliphatic heterocycles. The average Bonchev–Trinajstić information content (AvgIpc) is 3.22. The summed E-state index contributed by atoms with van der Waals surface area (Å²) in [7, 11) is 2.18. The van der Waals surface area contributed by atoms with Gasteiger partial charge < -0.3 is 4.57 Å². The van der Waals surface area contributed by atoms with Crippen molar-refractivity contribution in [2.24, 2.45) is 7.05 Å². The largest absolute Gasteiger partial charge is 0.344 e. The third kappa shape index (κ3) is 2.05. The second-order valence-electron chi connectivity index (χ2n) is 7.09. The van der Waals surface area contributed by atoms with Gasteiger partial charge in [-0.2, -0.15) is 0 Å². The summed E-state index contributed by atoms with van der Waals surface area (Å²) in [5.74, 6) is 0. The average molecular weight is 363 g/mol. The predicted octanol–water partition coefficient (Wildman–Crippen LogP) is 7.37. The summed E-state index contributed by atoms with van der Waals surface area (Å²) in [6, 6.07) is 30.8. The molecule has 0 aliphatic carbocycles. The van der Waals surface area contributed by atoms with Crippen LogP contribution in [0.15, 0.2) is 84.9 Å². The quantitative estimate of drug-likeness (QED) is 0.287. The monoisotopic (exact) mass is 363 g/mol. The maximum Gasteiger partial charge on any atom is 0.0503 e. The minimum Gasteiger partial charge on any atom is -0.344 e. The Balaban J connectivity index is 1.82. The first kappa shape index (κ1) is 15.0. The molecule has 2 aromatic heterocycles. The topological polar surface area (TPSA) is 4.93 Å². The molecule has 0 fully saturated rings. The van der Waals surface area contributed by atoms with Crippen molar-refractivity contribution in [2.45, 2.75) is 0 Å². The number of aromatic nitrogens is 1. The van der Waals surface area contributed by atoms with Crippen molar-refractivity contribution < 1.29 is 0 Å². The van der Waals surface area contributed by atoms with E-state index in [9.17, 15) is 0 Å². The van der Waals surface area contributed by atoms with Crippen molar-refractivity contribution in [3.8, 4) is 11.1 Å². The molecule has 0 saturated heterocycles. The molecule has 0 bridgehead atoms. The van der Waals surface area contributed by atoms with Crippen LogP contribution in [0.25, 0.3) is 53.1 Å². The number of rotatable bonds is 1. The van der Waals surface area contributed by atoms with Gasteiger partial charge in [-0.25, -0.2) is 0 Å². The molecule has 0 amide bonds. The van der Waals surface area contributed by atoms with Crippen LogP contribution in [0.1, 0.15) is 0 Å². The first-order chi connectivity index (χ1) is 13.3. The van der Waals surface area contributed by atoms with Crippen molar-refractivity contribution in [1.29, 1.82) is 0 Å². The van der Waals surface area contributed by atoms with E-state index in [0.29, 0.717) is 0 Å². The van der Waals surface area contributed by atoms with E-state index >= 15 is 0 Å². The van der Waals surface area contributed by atoms with Crippen LogP contribution in [-0.4, -0.2) is 4.57 Å². The van der Waals surface area contributed by atoms with Gasteiger partial charge in [0, 0.05) is 43.5 Å². The lowest BCUT2D eigenvalue weighted by atomic mass is 9.99. The Morgan fingerprint density at radius 2 is 1.44 bits per heavy atom. The summed E-state index contributed by atoms with van der Waals surface area (Å²) < 4.78 is 5.05. The molecular formula is C25H17NS. The molecule has 128 valence electrons. The number of fused-ring (bicyclic) bond motifs is 6. The zero-order valence-electron chi connectivity index (χ0n) is 14.9. The molecule has 27 heavy (non-hydrogen) atoms. The van der Waals surface area contributed by atoms with Gasteiger partial charge in [-0.15, -0.1) is 11.3 Å². The Morgan fingerprint density at radius 3 is 2.33 bits per heavy atom. The molecule has 2 heteroatoms. The fourth-order valence-electron chi connectivity index (χ4n) is 4.33. The van der Waals surface area contributed by atoms with Crippen LogP contribution >= 0.6 is 11.3 Å². The number of thiophene rings is 1. The number of nitrogens with zero attached hydrogens (tertiary/aromatic N) is 1. The molecule has 4 aromatic carbocycles. The van der Waals surface area contributed by atoms with Crippen LogP contribution in [0.4, 0.5) is 0 Å². The van der Waals surface area contributed by atoms with E-state index in [1.807, 2.05) is 11.3 Å². The first-order valence-electron chi connectivity index (χ1n) is 9.19.